The maximum atomic E-state index is 13.0. The third-order valence-electron chi connectivity index (χ3n) is 5.32. The van der Waals surface area contributed by atoms with Crippen molar-refractivity contribution in [3.63, 3.8) is 0 Å². The molecule has 0 bridgehead atoms. The second-order valence-corrected chi connectivity index (χ2v) is 8.48. The normalized spacial score (nSPS) is 14.3. The zero-order valence-electron chi connectivity index (χ0n) is 16.7. The molecule has 0 aliphatic carbocycles. The third kappa shape index (κ3) is 3.62. The van der Waals surface area contributed by atoms with Crippen LogP contribution in [-0.2, 0) is 26.1 Å². The number of aryl methyl sites for hydroxylation is 3. The number of carbonyl (C=O) groups is 1. The molecule has 3 aromatic heterocycles. The van der Waals surface area contributed by atoms with E-state index >= 15 is 0 Å². The summed E-state index contributed by atoms with van der Waals surface area (Å²) in [4.78, 5) is 18.4. The van der Waals surface area contributed by atoms with Gasteiger partial charge in [-0.2, -0.15) is 5.10 Å². The maximum absolute atomic E-state index is 13.0. The van der Waals surface area contributed by atoms with Gasteiger partial charge in [0.2, 0.25) is 0 Å². The van der Waals surface area contributed by atoms with Crippen LogP contribution in [0.3, 0.4) is 0 Å². The summed E-state index contributed by atoms with van der Waals surface area (Å²) < 4.78 is 5.29. The first-order valence-electron chi connectivity index (χ1n) is 9.42. The van der Waals surface area contributed by atoms with Crippen molar-refractivity contribution in [3.8, 4) is 0 Å². The second kappa shape index (κ2) is 7.52. The molecule has 8 heteroatoms. The van der Waals surface area contributed by atoms with Crippen molar-refractivity contribution in [2.75, 3.05) is 13.6 Å². The molecule has 4 heterocycles. The molecule has 1 aliphatic heterocycles. The fourth-order valence-corrected chi connectivity index (χ4v) is 4.84. The topological polar surface area (TPSA) is 78.3 Å². The number of hydrogen-bond acceptors (Lipinski definition) is 6. The molecule has 0 saturated heterocycles. The van der Waals surface area contributed by atoms with Crippen molar-refractivity contribution in [3.05, 3.63) is 55.9 Å². The molecule has 7 nitrogen and oxygen atoms in total. The van der Waals surface area contributed by atoms with Gasteiger partial charge in [0.05, 0.1) is 23.5 Å². The van der Waals surface area contributed by atoms with E-state index < -0.39 is 0 Å². The van der Waals surface area contributed by atoms with Crippen LogP contribution >= 0.6 is 11.3 Å². The van der Waals surface area contributed by atoms with Crippen LogP contribution in [0.5, 0.6) is 0 Å². The largest absolute Gasteiger partial charge is 0.361 e. The quantitative estimate of drug-likeness (QED) is 0.713. The summed E-state index contributed by atoms with van der Waals surface area (Å²) >= 11 is 1.68. The van der Waals surface area contributed by atoms with Crippen LogP contribution in [0.1, 0.15) is 49.2 Å². The highest BCUT2D eigenvalue weighted by Gasteiger charge is 2.26. The fourth-order valence-electron chi connectivity index (χ4n) is 3.72. The van der Waals surface area contributed by atoms with Gasteiger partial charge in [-0.15, -0.1) is 11.3 Å². The molecule has 0 spiro atoms. The van der Waals surface area contributed by atoms with E-state index in [1.807, 2.05) is 39.3 Å². The van der Waals surface area contributed by atoms with Gasteiger partial charge < -0.3 is 9.42 Å². The smallest absolute Gasteiger partial charge is 0.255 e. The van der Waals surface area contributed by atoms with Crippen molar-refractivity contribution in [1.29, 1.82) is 0 Å². The van der Waals surface area contributed by atoms with Crippen LogP contribution in [0.4, 0.5) is 0 Å². The van der Waals surface area contributed by atoms with Gasteiger partial charge in [-0.3, -0.25) is 14.8 Å². The minimum Gasteiger partial charge on any atom is -0.361 e. The Bertz CT molecular complexity index is 983. The number of thiophene rings is 1. The van der Waals surface area contributed by atoms with E-state index in [4.69, 9.17) is 4.52 Å². The van der Waals surface area contributed by atoms with E-state index in [1.165, 1.54) is 16.0 Å². The first-order chi connectivity index (χ1) is 13.4. The van der Waals surface area contributed by atoms with E-state index in [9.17, 15) is 4.79 Å². The fraction of sp³-hybridized carbons (Fsp3) is 0.450. The summed E-state index contributed by atoms with van der Waals surface area (Å²) in [6, 6.07) is 1.97. The van der Waals surface area contributed by atoms with E-state index in [1.54, 1.807) is 16.2 Å². The average molecular weight is 400 g/mol. The van der Waals surface area contributed by atoms with Crippen molar-refractivity contribution >= 4 is 17.2 Å². The Balaban J connectivity index is 1.45. The van der Waals surface area contributed by atoms with Gasteiger partial charge >= 0.3 is 0 Å². The van der Waals surface area contributed by atoms with Crippen LogP contribution < -0.4 is 0 Å². The van der Waals surface area contributed by atoms with Crippen LogP contribution in [0.15, 0.2) is 16.0 Å². The van der Waals surface area contributed by atoms with Crippen LogP contribution in [0.25, 0.3) is 0 Å². The van der Waals surface area contributed by atoms with Gasteiger partial charge in [0, 0.05) is 48.2 Å². The predicted molar refractivity (Wildman–Crippen MR) is 107 cm³/mol. The van der Waals surface area contributed by atoms with Gasteiger partial charge in [-0.25, -0.2) is 0 Å². The number of nitrogens with zero attached hydrogens (tertiary/aromatic N) is 4. The highest BCUT2D eigenvalue weighted by molar-refractivity contribution is 7.10. The van der Waals surface area contributed by atoms with Gasteiger partial charge in [0.1, 0.15) is 5.76 Å². The summed E-state index contributed by atoms with van der Waals surface area (Å²) in [6.07, 6.45) is 0.888. The lowest BCUT2D eigenvalue weighted by Crippen LogP contribution is -2.32. The van der Waals surface area contributed by atoms with E-state index in [0.717, 1.165) is 54.5 Å². The lowest BCUT2D eigenvalue weighted by Gasteiger charge is -2.27. The second-order valence-electron chi connectivity index (χ2n) is 7.52. The molecule has 0 unspecified atom stereocenters. The van der Waals surface area contributed by atoms with Crippen LogP contribution in [0.2, 0.25) is 0 Å². The van der Waals surface area contributed by atoms with E-state index in [-0.39, 0.29) is 5.91 Å². The first kappa shape index (κ1) is 18.9. The molecule has 1 amide bonds. The SMILES string of the molecule is Cc1cc(CN(C)C(=O)c2csc3c2CCN(Cc2c(C)noc2C)C3)n[nH]1. The van der Waals surface area contributed by atoms with Gasteiger partial charge in [0.15, 0.2) is 0 Å². The number of hydrogen-bond donors (Lipinski definition) is 1. The zero-order chi connectivity index (χ0) is 19.8. The summed E-state index contributed by atoms with van der Waals surface area (Å²) in [5.74, 6) is 0.956. The Kier molecular flexibility index (Phi) is 5.07. The highest BCUT2D eigenvalue weighted by atomic mass is 32.1. The lowest BCUT2D eigenvalue weighted by molar-refractivity contribution is 0.0782. The Morgan fingerprint density at radius 3 is 2.89 bits per heavy atom. The predicted octanol–water partition coefficient (Wildman–Crippen LogP) is 3.21. The van der Waals surface area contributed by atoms with E-state index in [2.05, 4.69) is 20.3 Å². The van der Waals surface area contributed by atoms with Crippen molar-refractivity contribution in [2.24, 2.45) is 0 Å². The number of aromatic nitrogens is 3. The summed E-state index contributed by atoms with van der Waals surface area (Å²) in [7, 11) is 1.84. The monoisotopic (exact) mass is 399 g/mol. The highest BCUT2D eigenvalue weighted by Crippen LogP contribution is 2.31. The van der Waals surface area contributed by atoms with Gasteiger partial charge in [-0.05, 0) is 38.8 Å². The maximum Gasteiger partial charge on any atom is 0.255 e. The minimum atomic E-state index is 0.0670. The summed E-state index contributed by atoms with van der Waals surface area (Å²) in [5.41, 5.74) is 6.05. The number of fused-ring (bicyclic) bond motifs is 1. The molecule has 3 aromatic rings. The number of nitrogens with one attached hydrogen (secondary N) is 1. The lowest BCUT2D eigenvalue weighted by atomic mass is 10.0. The summed E-state index contributed by atoms with van der Waals surface area (Å²) in [5, 5.41) is 13.2. The molecule has 0 atom stereocenters. The number of aromatic amines is 1. The molecular weight excluding hydrogens is 374 g/mol. The van der Waals surface area contributed by atoms with E-state index in [0.29, 0.717) is 6.54 Å². The first-order valence-corrected chi connectivity index (χ1v) is 10.3. The van der Waals surface area contributed by atoms with Crippen molar-refractivity contribution < 1.29 is 9.32 Å². The molecule has 1 N–H and O–H groups in total. The number of carbonyl (C=O) groups excluding carboxylic acids is 1. The van der Waals surface area contributed by atoms with Crippen LogP contribution in [-0.4, -0.2) is 44.7 Å². The van der Waals surface area contributed by atoms with Crippen molar-refractivity contribution in [2.45, 2.75) is 46.8 Å². The Hall–Kier alpha value is -2.45. The van der Waals surface area contributed by atoms with Gasteiger partial charge in [-0.1, -0.05) is 5.16 Å². The molecule has 148 valence electrons. The number of rotatable bonds is 5. The molecule has 0 radical (unpaired) electrons. The molecule has 1 aliphatic rings. The van der Waals surface area contributed by atoms with Gasteiger partial charge in [0.25, 0.3) is 5.91 Å². The molecule has 28 heavy (non-hydrogen) atoms. The summed E-state index contributed by atoms with van der Waals surface area (Å²) in [6.45, 7) is 9.03. The molecule has 0 saturated carbocycles. The molecule has 0 fully saturated rings. The minimum absolute atomic E-state index is 0.0670. The third-order valence-corrected chi connectivity index (χ3v) is 6.34. The Labute approximate surface area is 168 Å². The Morgan fingerprint density at radius 2 is 2.21 bits per heavy atom. The zero-order valence-corrected chi connectivity index (χ0v) is 17.5. The molecular formula is C20H25N5O2S. The standard InChI is InChI=1S/C20H25N5O2S/c1-12-7-15(22-21-12)8-24(4)20(26)18-11-28-19-10-25(6-5-16(18)19)9-17-13(2)23-27-14(17)3/h7,11H,5-6,8-10H2,1-4H3,(H,21,22). The van der Waals surface area contributed by atoms with Crippen molar-refractivity contribution in [1.82, 2.24) is 25.2 Å². The number of H-pyrrole nitrogens is 1. The average Bonchev–Trinajstić information content (AvgIpc) is 3.36. The van der Waals surface area contributed by atoms with Crippen LogP contribution in [0, 0.1) is 20.8 Å². The number of amides is 1. The molecule has 0 aromatic carbocycles. The molecule has 4 rings (SSSR count). The Morgan fingerprint density at radius 1 is 1.39 bits per heavy atom.